The van der Waals surface area contributed by atoms with Crippen LogP contribution in [0.1, 0.15) is 6.42 Å². The molecule has 0 atom stereocenters. The van der Waals surface area contributed by atoms with Gasteiger partial charge in [-0.2, -0.15) is 0 Å². The predicted molar refractivity (Wildman–Crippen MR) is 85.4 cm³/mol. The van der Waals surface area contributed by atoms with E-state index in [1.54, 1.807) is 6.07 Å². The normalized spacial score (nSPS) is 14.8. The van der Waals surface area contributed by atoms with Crippen molar-refractivity contribution in [3.8, 4) is 0 Å². The van der Waals surface area contributed by atoms with E-state index in [-0.39, 0.29) is 0 Å². The fourth-order valence-corrected chi connectivity index (χ4v) is 2.99. The molecule has 1 aromatic carbocycles. The topological polar surface area (TPSA) is 63.1 Å². The largest absolute Gasteiger partial charge is 0.368 e. The van der Waals surface area contributed by atoms with E-state index < -0.39 is 10.0 Å². The minimum absolute atomic E-state index is 0.584. The van der Waals surface area contributed by atoms with E-state index in [2.05, 4.69) is 20.7 Å². The van der Waals surface area contributed by atoms with Crippen molar-refractivity contribution in [1.29, 1.82) is 0 Å². The van der Waals surface area contributed by atoms with Crippen LogP contribution in [0, 0.1) is 0 Å². The Labute approximate surface area is 124 Å². The third-order valence-electron chi connectivity index (χ3n) is 3.33. The Morgan fingerprint density at radius 3 is 2.90 bits per heavy atom. The molecule has 0 radical (unpaired) electrons. The number of nitrogens with one attached hydrogen (secondary N) is 2. The van der Waals surface area contributed by atoms with E-state index in [0.717, 1.165) is 30.1 Å². The maximum atomic E-state index is 11.3. The quantitative estimate of drug-likeness (QED) is 0.911. The molecule has 5 nitrogen and oxygen atoms in total. The van der Waals surface area contributed by atoms with Crippen molar-refractivity contribution >= 4 is 26.6 Å². The molecule has 0 saturated carbocycles. The second-order valence-electron chi connectivity index (χ2n) is 5.17. The molecule has 0 unspecified atom stereocenters. The van der Waals surface area contributed by atoms with E-state index in [1.807, 2.05) is 36.8 Å². The van der Waals surface area contributed by atoms with E-state index in [1.165, 1.54) is 5.57 Å². The molecule has 0 aliphatic carbocycles. The molecule has 1 aliphatic rings. The summed E-state index contributed by atoms with van der Waals surface area (Å²) >= 11 is 0. The standard InChI is InChI=1S/C15H17N3O2S/c1-21(19,20)17-14-5-4-13-6-8-18(15(13)9-14)11-12-3-2-7-16-10-12/h2,4-10,16-17H,3,11H2,1H3. The van der Waals surface area contributed by atoms with Crippen LogP contribution >= 0.6 is 0 Å². The minimum atomic E-state index is -3.26. The molecule has 2 heterocycles. The van der Waals surface area contributed by atoms with Gasteiger partial charge in [0.1, 0.15) is 0 Å². The van der Waals surface area contributed by atoms with Crippen LogP contribution in [0.25, 0.3) is 10.9 Å². The van der Waals surface area contributed by atoms with Gasteiger partial charge in [-0.25, -0.2) is 8.42 Å². The molecule has 6 heteroatoms. The van der Waals surface area contributed by atoms with Crippen molar-refractivity contribution in [3.05, 3.63) is 54.5 Å². The summed E-state index contributed by atoms with van der Waals surface area (Å²) < 4.78 is 27.3. The molecule has 0 saturated heterocycles. The molecule has 110 valence electrons. The molecular formula is C15H17N3O2S. The summed E-state index contributed by atoms with van der Waals surface area (Å²) in [6, 6.07) is 7.60. The number of hydrogen-bond acceptors (Lipinski definition) is 3. The molecule has 0 spiro atoms. The summed E-state index contributed by atoms with van der Waals surface area (Å²) in [6.45, 7) is 0.781. The summed E-state index contributed by atoms with van der Waals surface area (Å²) in [5.74, 6) is 0. The Kier molecular flexibility index (Phi) is 3.47. The number of benzene rings is 1. The first kappa shape index (κ1) is 13.8. The first-order valence-corrected chi connectivity index (χ1v) is 8.56. The summed E-state index contributed by atoms with van der Waals surface area (Å²) in [5, 5.41) is 4.18. The highest BCUT2D eigenvalue weighted by Gasteiger charge is 2.07. The zero-order valence-electron chi connectivity index (χ0n) is 11.7. The smallest absolute Gasteiger partial charge is 0.229 e. The Morgan fingerprint density at radius 2 is 2.19 bits per heavy atom. The van der Waals surface area contributed by atoms with Crippen molar-refractivity contribution in [2.24, 2.45) is 0 Å². The maximum Gasteiger partial charge on any atom is 0.229 e. The number of fused-ring (bicyclic) bond motifs is 1. The highest BCUT2D eigenvalue weighted by molar-refractivity contribution is 7.92. The molecule has 3 rings (SSSR count). The lowest BCUT2D eigenvalue weighted by atomic mass is 10.1. The van der Waals surface area contributed by atoms with Gasteiger partial charge in [0.05, 0.1) is 17.5 Å². The van der Waals surface area contributed by atoms with Crippen LogP contribution in [0.15, 0.2) is 54.5 Å². The summed E-state index contributed by atoms with van der Waals surface area (Å²) in [7, 11) is -3.26. The molecule has 2 aromatic rings. The molecular weight excluding hydrogens is 286 g/mol. The van der Waals surface area contributed by atoms with Crippen LogP contribution in [0.4, 0.5) is 5.69 Å². The molecule has 0 bridgehead atoms. The molecule has 0 amide bonds. The lowest BCUT2D eigenvalue weighted by Gasteiger charge is -2.12. The van der Waals surface area contributed by atoms with Gasteiger partial charge < -0.3 is 9.88 Å². The number of rotatable bonds is 4. The van der Waals surface area contributed by atoms with E-state index in [0.29, 0.717) is 5.69 Å². The van der Waals surface area contributed by atoms with Gasteiger partial charge in [-0.3, -0.25) is 4.72 Å². The zero-order valence-corrected chi connectivity index (χ0v) is 12.5. The average molecular weight is 303 g/mol. The molecule has 0 fully saturated rings. The van der Waals surface area contributed by atoms with E-state index in [4.69, 9.17) is 0 Å². The second kappa shape index (κ2) is 5.29. The average Bonchev–Trinajstić information content (AvgIpc) is 2.81. The first-order valence-electron chi connectivity index (χ1n) is 6.67. The van der Waals surface area contributed by atoms with Crippen LogP contribution in [0.2, 0.25) is 0 Å². The summed E-state index contributed by atoms with van der Waals surface area (Å²) in [4.78, 5) is 0. The highest BCUT2D eigenvalue weighted by Crippen LogP contribution is 2.22. The number of hydrogen-bond donors (Lipinski definition) is 2. The van der Waals surface area contributed by atoms with Crippen LogP contribution in [-0.2, 0) is 16.6 Å². The third-order valence-corrected chi connectivity index (χ3v) is 3.94. The van der Waals surface area contributed by atoms with Gasteiger partial charge in [-0.15, -0.1) is 0 Å². The number of aromatic nitrogens is 1. The van der Waals surface area contributed by atoms with Crippen molar-refractivity contribution in [3.63, 3.8) is 0 Å². The lowest BCUT2D eigenvalue weighted by Crippen LogP contribution is -2.10. The summed E-state index contributed by atoms with van der Waals surface area (Å²) in [5.41, 5.74) is 2.87. The Hall–Kier alpha value is -2.21. The van der Waals surface area contributed by atoms with Gasteiger partial charge in [-0.05, 0) is 41.8 Å². The summed E-state index contributed by atoms with van der Waals surface area (Å²) in [6.07, 6.45) is 10.1. The molecule has 2 N–H and O–H groups in total. The number of dihydropyridines is 1. The van der Waals surface area contributed by atoms with Crippen LogP contribution < -0.4 is 10.0 Å². The Bertz CT molecular complexity index is 832. The van der Waals surface area contributed by atoms with Gasteiger partial charge in [0, 0.05) is 18.9 Å². The minimum Gasteiger partial charge on any atom is -0.368 e. The number of sulfonamides is 1. The second-order valence-corrected chi connectivity index (χ2v) is 6.92. The van der Waals surface area contributed by atoms with Crippen LogP contribution in [0.3, 0.4) is 0 Å². The van der Waals surface area contributed by atoms with E-state index >= 15 is 0 Å². The predicted octanol–water partition coefficient (Wildman–Crippen LogP) is 2.40. The van der Waals surface area contributed by atoms with Gasteiger partial charge >= 0.3 is 0 Å². The van der Waals surface area contributed by atoms with Gasteiger partial charge in [0.15, 0.2) is 0 Å². The molecule has 21 heavy (non-hydrogen) atoms. The monoisotopic (exact) mass is 303 g/mol. The maximum absolute atomic E-state index is 11.3. The van der Waals surface area contributed by atoms with Crippen LogP contribution in [-0.4, -0.2) is 19.2 Å². The fourth-order valence-electron chi connectivity index (χ4n) is 2.43. The number of nitrogens with zero attached hydrogens (tertiary/aromatic N) is 1. The van der Waals surface area contributed by atoms with Crippen LogP contribution in [0.5, 0.6) is 0 Å². The molecule has 1 aromatic heterocycles. The van der Waals surface area contributed by atoms with Gasteiger partial charge in [0.25, 0.3) is 0 Å². The van der Waals surface area contributed by atoms with Crippen molar-refractivity contribution in [1.82, 2.24) is 9.88 Å². The fraction of sp³-hybridized carbons (Fsp3) is 0.200. The first-order chi connectivity index (χ1) is 10.0. The highest BCUT2D eigenvalue weighted by atomic mass is 32.2. The van der Waals surface area contributed by atoms with Crippen molar-refractivity contribution in [2.45, 2.75) is 13.0 Å². The Morgan fingerprint density at radius 1 is 1.33 bits per heavy atom. The SMILES string of the molecule is CS(=O)(=O)Nc1ccc2ccn(CC3=CNC=CC3)c2c1. The third kappa shape index (κ3) is 3.28. The van der Waals surface area contributed by atoms with Crippen molar-refractivity contribution < 1.29 is 8.42 Å². The zero-order chi connectivity index (χ0) is 14.9. The number of anilines is 1. The van der Waals surface area contributed by atoms with Gasteiger partial charge in [0.2, 0.25) is 10.0 Å². The Balaban J connectivity index is 1.92. The van der Waals surface area contributed by atoms with Gasteiger partial charge in [-0.1, -0.05) is 12.1 Å². The molecule has 1 aliphatic heterocycles. The van der Waals surface area contributed by atoms with E-state index in [9.17, 15) is 8.42 Å². The van der Waals surface area contributed by atoms with Crippen molar-refractivity contribution in [2.75, 3.05) is 11.0 Å². The lowest BCUT2D eigenvalue weighted by molar-refractivity contribution is 0.607. The number of allylic oxidation sites excluding steroid dienone is 2.